The Kier molecular flexibility index (Phi) is 3.03. The zero-order valence-corrected chi connectivity index (χ0v) is 10.4. The first-order chi connectivity index (χ1) is 8.81. The summed E-state index contributed by atoms with van der Waals surface area (Å²) in [4.78, 5) is 0. The SMILES string of the molecule is CC1OC1Cc1cccc(Oc2ccccc2)c1. The van der Waals surface area contributed by atoms with Crippen molar-refractivity contribution in [2.45, 2.75) is 25.6 Å². The summed E-state index contributed by atoms with van der Waals surface area (Å²) < 4.78 is 11.2. The Hall–Kier alpha value is -1.80. The lowest BCUT2D eigenvalue weighted by Gasteiger charge is -2.06. The Morgan fingerprint density at radius 3 is 2.44 bits per heavy atom. The minimum atomic E-state index is 0.386. The lowest BCUT2D eigenvalue weighted by atomic mass is 10.1. The molecule has 1 aliphatic heterocycles. The Balaban J connectivity index is 1.70. The highest BCUT2D eigenvalue weighted by Gasteiger charge is 2.33. The molecule has 0 spiro atoms. The van der Waals surface area contributed by atoms with E-state index in [1.165, 1.54) is 5.56 Å². The second-order valence-corrected chi connectivity index (χ2v) is 4.65. The lowest BCUT2D eigenvalue weighted by molar-refractivity contribution is 0.378. The van der Waals surface area contributed by atoms with E-state index >= 15 is 0 Å². The van der Waals surface area contributed by atoms with E-state index in [-0.39, 0.29) is 0 Å². The molecule has 0 aliphatic carbocycles. The summed E-state index contributed by atoms with van der Waals surface area (Å²) in [6.07, 6.45) is 1.76. The maximum Gasteiger partial charge on any atom is 0.127 e. The van der Waals surface area contributed by atoms with E-state index in [0.29, 0.717) is 12.2 Å². The second kappa shape index (κ2) is 4.83. The van der Waals surface area contributed by atoms with Crippen molar-refractivity contribution >= 4 is 0 Å². The zero-order chi connectivity index (χ0) is 12.4. The number of benzene rings is 2. The van der Waals surface area contributed by atoms with Crippen LogP contribution in [0.1, 0.15) is 12.5 Å². The summed E-state index contributed by atoms with van der Waals surface area (Å²) in [5.41, 5.74) is 1.26. The van der Waals surface area contributed by atoms with Gasteiger partial charge in [0.25, 0.3) is 0 Å². The standard InChI is InChI=1S/C16H16O2/c1-12-16(17-12)11-13-6-5-9-15(10-13)18-14-7-3-2-4-8-14/h2-10,12,16H,11H2,1H3. The first kappa shape index (κ1) is 11.3. The zero-order valence-electron chi connectivity index (χ0n) is 10.4. The van der Waals surface area contributed by atoms with Gasteiger partial charge in [0.05, 0.1) is 12.2 Å². The van der Waals surface area contributed by atoms with Crippen LogP contribution in [0.5, 0.6) is 11.5 Å². The fourth-order valence-corrected chi connectivity index (χ4v) is 2.04. The molecule has 0 N–H and O–H groups in total. The molecule has 2 atom stereocenters. The van der Waals surface area contributed by atoms with E-state index in [4.69, 9.17) is 9.47 Å². The molecule has 1 heterocycles. The van der Waals surface area contributed by atoms with Crippen LogP contribution >= 0.6 is 0 Å². The molecular weight excluding hydrogens is 224 g/mol. The van der Waals surface area contributed by atoms with Crippen molar-refractivity contribution in [2.24, 2.45) is 0 Å². The van der Waals surface area contributed by atoms with Crippen molar-refractivity contribution in [1.29, 1.82) is 0 Å². The molecule has 2 unspecified atom stereocenters. The van der Waals surface area contributed by atoms with Crippen LogP contribution in [0.15, 0.2) is 54.6 Å². The molecule has 1 fully saturated rings. The molecule has 1 saturated heterocycles. The van der Waals surface area contributed by atoms with Gasteiger partial charge in [0.15, 0.2) is 0 Å². The van der Waals surface area contributed by atoms with E-state index in [1.54, 1.807) is 0 Å². The molecule has 92 valence electrons. The molecule has 1 aliphatic rings. The first-order valence-corrected chi connectivity index (χ1v) is 6.28. The van der Waals surface area contributed by atoms with Crippen LogP contribution in [0.3, 0.4) is 0 Å². The maximum atomic E-state index is 5.81. The van der Waals surface area contributed by atoms with Gasteiger partial charge in [-0.15, -0.1) is 0 Å². The molecular formula is C16H16O2. The van der Waals surface area contributed by atoms with E-state index in [0.717, 1.165) is 17.9 Å². The Morgan fingerprint density at radius 1 is 1.00 bits per heavy atom. The van der Waals surface area contributed by atoms with Crippen LogP contribution in [-0.2, 0) is 11.2 Å². The highest BCUT2D eigenvalue weighted by molar-refractivity contribution is 5.34. The van der Waals surface area contributed by atoms with Crippen molar-refractivity contribution < 1.29 is 9.47 Å². The van der Waals surface area contributed by atoms with E-state index in [9.17, 15) is 0 Å². The van der Waals surface area contributed by atoms with Crippen LogP contribution < -0.4 is 4.74 Å². The molecule has 2 heteroatoms. The van der Waals surface area contributed by atoms with E-state index in [1.807, 2.05) is 42.5 Å². The van der Waals surface area contributed by atoms with Gasteiger partial charge in [-0.2, -0.15) is 0 Å². The molecule has 2 aromatic rings. The summed E-state index contributed by atoms with van der Waals surface area (Å²) in [6.45, 7) is 2.11. The predicted molar refractivity (Wildman–Crippen MR) is 71.0 cm³/mol. The van der Waals surface area contributed by atoms with Gasteiger partial charge in [-0.3, -0.25) is 0 Å². The number of rotatable bonds is 4. The van der Waals surface area contributed by atoms with Crippen molar-refractivity contribution in [3.63, 3.8) is 0 Å². The molecule has 3 rings (SSSR count). The smallest absolute Gasteiger partial charge is 0.127 e. The third-order valence-electron chi connectivity index (χ3n) is 3.15. The normalized spacial score (nSPS) is 21.6. The van der Waals surface area contributed by atoms with Gasteiger partial charge in [-0.25, -0.2) is 0 Å². The van der Waals surface area contributed by atoms with Gasteiger partial charge >= 0.3 is 0 Å². The highest BCUT2D eigenvalue weighted by Crippen LogP contribution is 2.27. The van der Waals surface area contributed by atoms with Gasteiger partial charge in [0.2, 0.25) is 0 Å². The molecule has 0 aromatic heterocycles. The third kappa shape index (κ3) is 2.71. The monoisotopic (exact) mass is 240 g/mol. The molecule has 2 nitrogen and oxygen atoms in total. The topological polar surface area (TPSA) is 21.8 Å². The number of para-hydroxylation sites is 1. The number of ether oxygens (including phenoxy) is 2. The fourth-order valence-electron chi connectivity index (χ4n) is 2.04. The van der Waals surface area contributed by atoms with Gasteiger partial charge in [0, 0.05) is 6.42 Å². The quantitative estimate of drug-likeness (QED) is 0.758. The fraction of sp³-hybridized carbons (Fsp3) is 0.250. The maximum absolute atomic E-state index is 5.81. The average molecular weight is 240 g/mol. The van der Waals surface area contributed by atoms with Crippen molar-refractivity contribution in [3.05, 3.63) is 60.2 Å². The number of hydrogen-bond donors (Lipinski definition) is 0. The molecule has 18 heavy (non-hydrogen) atoms. The van der Waals surface area contributed by atoms with Crippen molar-refractivity contribution in [2.75, 3.05) is 0 Å². The number of hydrogen-bond acceptors (Lipinski definition) is 2. The minimum absolute atomic E-state index is 0.386. The third-order valence-corrected chi connectivity index (χ3v) is 3.15. The van der Waals surface area contributed by atoms with Gasteiger partial charge in [-0.05, 0) is 36.8 Å². The molecule has 0 bridgehead atoms. The second-order valence-electron chi connectivity index (χ2n) is 4.65. The van der Waals surface area contributed by atoms with Gasteiger partial charge in [0.1, 0.15) is 11.5 Å². The van der Waals surface area contributed by atoms with Gasteiger partial charge < -0.3 is 9.47 Å². The van der Waals surface area contributed by atoms with Crippen molar-refractivity contribution in [1.82, 2.24) is 0 Å². The van der Waals surface area contributed by atoms with Crippen LogP contribution in [-0.4, -0.2) is 12.2 Å². The van der Waals surface area contributed by atoms with Crippen LogP contribution in [0, 0.1) is 0 Å². The Bertz CT molecular complexity index is 522. The number of epoxide rings is 1. The molecule has 0 radical (unpaired) electrons. The van der Waals surface area contributed by atoms with Gasteiger partial charge in [-0.1, -0.05) is 30.3 Å². The summed E-state index contributed by atoms with van der Waals surface area (Å²) >= 11 is 0. The van der Waals surface area contributed by atoms with E-state index in [2.05, 4.69) is 19.1 Å². The van der Waals surface area contributed by atoms with Crippen LogP contribution in [0.25, 0.3) is 0 Å². The summed E-state index contributed by atoms with van der Waals surface area (Å²) in [5.74, 6) is 1.75. The summed E-state index contributed by atoms with van der Waals surface area (Å²) in [5, 5.41) is 0. The molecule has 2 aromatic carbocycles. The molecule has 0 amide bonds. The molecule has 0 saturated carbocycles. The average Bonchev–Trinajstić information content (AvgIpc) is 3.06. The highest BCUT2D eigenvalue weighted by atomic mass is 16.6. The first-order valence-electron chi connectivity index (χ1n) is 6.28. The van der Waals surface area contributed by atoms with E-state index < -0.39 is 0 Å². The van der Waals surface area contributed by atoms with Crippen molar-refractivity contribution in [3.8, 4) is 11.5 Å². The minimum Gasteiger partial charge on any atom is -0.457 e. The predicted octanol–water partition coefficient (Wildman–Crippen LogP) is 3.81. The van der Waals surface area contributed by atoms with Crippen LogP contribution in [0.4, 0.5) is 0 Å². The lowest BCUT2D eigenvalue weighted by Crippen LogP contribution is -1.96. The van der Waals surface area contributed by atoms with Crippen LogP contribution in [0.2, 0.25) is 0 Å². The summed E-state index contributed by atoms with van der Waals surface area (Å²) in [6, 6.07) is 18.0. The Labute approximate surface area is 107 Å². The summed E-state index contributed by atoms with van der Waals surface area (Å²) in [7, 11) is 0. The Morgan fingerprint density at radius 2 is 1.72 bits per heavy atom. The largest absolute Gasteiger partial charge is 0.457 e.